The third-order valence-corrected chi connectivity index (χ3v) is 3.90. The van der Waals surface area contributed by atoms with E-state index in [2.05, 4.69) is 25.6 Å². The summed E-state index contributed by atoms with van der Waals surface area (Å²) < 4.78 is 0. The molecular formula is C13H14ClN5. The van der Waals surface area contributed by atoms with Gasteiger partial charge in [0.05, 0.1) is 23.4 Å². The van der Waals surface area contributed by atoms with E-state index in [4.69, 9.17) is 11.6 Å². The standard InChI is InChI=1S/C13H14ClN5/c14-8-5-9(19-13-15-3-4-16-13)10(7-1-2-7)12-11(8)17-6-18-12/h5-7H,1-4H2,(H,17,18)(H2,15,16,19). The predicted octanol–water partition coefficient (Wildman–Crippen LogP) is 2.46. The highest BCUT2D eigenvalue weighted by Crippen LogP contribution is 2.47. The summed E-state index contributed by atoms with van der Waals surface area (Å²) in [5, 5.41) is 7.25. The topological polar surface area (TPSA) is 65.1 Å². The molecule has 2 heterocycles. The zero-order valence-electron chi connectivity index (χ0n) is 10.3. The monoisotopic (exact) mass is 275 g/mol. The molecule has 1 aliphatic heterocycles. The Hall–Kier alpha value is -1.75. The van der Waals surface area contributed by atoms with Crippen LogP contribution >= 0.6 is 11.6 Å². The van der Waals surface area contributed by atoms with E-state index in [1.807, 2.05) is 6.07 Å². The second kappa shape index (κ2) is 4.13. The van der Waals surface area contributed by atoms with E-state index in [0.29, 0.717) is 10.9 Å². The van der Waals surface area contributed by atoms with Gasteiger partial charge in [-0.2, -0.15) is 0 Å². The number of hydrogen-bond donors (Lipinski definition) is 3. The van der Waals surface area contributed by atoms with Crippen LogP contribution in [0.25, 0.3) is 11.0 Å². The molecule has 2 aromatic rings. The van der Waals surface area contributed by atoms with Crippen molar-refractivity contribution in [2.75, 3.05) is 18.4 Å². The van der Waals surface area contributed by atoms with Gasteiger partial charge in [-0.25, -0.2) is 4.98 Å². The number of anilines is 1. The molecule has 19 heavy (non-hydrogen) atoms. The van der Waals surface area contributed by atoms with Gasteiger partial charge in [-0.1, -0.05) is 11.6 Å². The van der Waals surface area contributed by atoms with Gasteiger partial charge in [-0.3, -0.25) is 4.99 Å². The molecule has 0 saturated heterocycles. The summed E-state index contributed by atoms with van der Waals surface area (Å²) in [6, 6.07) is 1.96. The summed E-state index contributed by atoms with van der Waals surface area (Å²) in [4.78, 5) is 11.9. The van der Waals surface area contributed by atoms with E-state index in [1.54, 1.807) is 6.33 Å². The van der Waals surface area contributed by atoms with Gasteiger partial charge in [0.1, 0.15) is 5.52 Å². The van der Waals surface area contributed by atoms with E-state index in [0.717, 1.165) is 35.8 Å². The van der Waals surface area contributed by atoms with Gasteiger partial charge in [0.2, 0.25) is 0 Å². The highest BCUT2D eigenvalue weighted by molar-refractivity contribution is 6.35. The Balaban J connectivity index is 1.85. The minimum Gasteiger partial charge on any atom is -0.354 e. The number of fused-ring (bicyclic) bond motifs is 1. The first-order chi connectivity index (χ1) is 9.33. The van der Waals surface area contributed by atoms with Gasteiger partial charge in [0, 0.05) is 17.8 Å². The van der Waals surface area contributed by atoms with Crippen molar-refractivity contribution in [2.24, 2.45) is 4.99 Å². The average Bonchev–Trinajstić information content (AvgIpc) is 2.90. The zero-order valence-corrected chi connectivity index (χ0v) is 11.1. The normalized spacial score (nSPS) is 18.5. The van der Waals surface area contributed by atoms with Crippen LogP contribution in [0.15, 0.2) is 17.4 Å². The van der Waals surface area contributed by atoms with Crippen molar-refractivity contribution in [3.05, 3.63) is 23.0 Å². The second-order valence-electron chi connectivity index (χ2n) is 5.00. The largest absolute Gasteiger partial charge is 0.354 e. The molecule has 1 aromatic heterocycles. The second-order valence-corrected chi connectivity index (χ2v) is 5.41. The fourth-order valence-corrected chi connectivity index (χ4v) is 2.85. The van der Waals surface area contributed by atoms with Crippen LogP contribution in [0.3, 0.4) is 0 Å². The van der Waals surface area contributed by atoms with E-state index in [-0.39, 0.29) is 0 Å². The van der Waals surface area contributed by atoms with Crippen LogP contribution in [0.5, 0.6) is 0 Å². The van der Waals surface area contributed by atoms with Gasteiger partial charge in [0.15, 0.2) is 5.96 Å². The number of rotatable bonds is 2. The van der Waals surface area contributed by atoms with Crippen molar-refractivity contribution >= 4 is 34.3 Å². The van der Waals surface area contributed by atoms with E-state index < -0.39 is 0 Å². The SMILES string of the molecule is Clc1cc(NC2=NCCN2)c(C2CC2)c2[nH]cnc12. The molecule has 0 bridgehead atoms. The fourth-order valence-electron chi connectivity index (χ4n) is 2.60. The molecule has 4 rings (SSSR count). The minimum absolute atomic E-state index is 0.602. The molecule has 0 atom stereocenters. The zero-order chi connectivity index (χ0) is 12.8. The summed E-state index contributed by atoms with van der Waals surface area (Å²) in [6.07, 6.45) is 4.16. The smallest absolute Gasteiger partial charge is 0.195 e. The van der Waals surface area contributed by atoms with Gasteiger partial charge in [0.25, 0.3) is 0 Å². The molecule has 0 unspecified atom stereocenters. The number of aliphatic imine (C=N–C) groups is 1. The molecule has 0 radical (unpaired) electrons. The Morgan fingerprint density at radius 2 is 2.26 bits per heavy atom. The maximum absolute atomic E-state index is 6.30. The molecule has 0 spiro atoms. The highest BCUT2D eigenvalue weighted by atomic mass is 35.5. The number of nitrogens with zero attached hydrogens (tertiary/aromatic N) is 2. The van der Waals surface area contributed by atoms with Gasteiger partial charge < -0.3 is 15.6 Å². The predicted molar refractivity (Wildman–Crippen MR) is 77.0 cm³/mol. The van der Waals surface area contributed by atoms with Crippen molar-refractivity contribution in [3.8, 4) is 0 Å². The molecule has 0 amide bonds. The van der Waals surface area contributed by atoms with Gasteiger partial charge in [-0.05, 0) is 24.8 Å². The number of aromatic nitrogens is 2. The Kier molecular flexibility index (Phi) is 2.41. The van der Waals surface area contributed by atoms with Crippen LogP contribution in [0.2, 0.25) is 5.02 Å². The number of benzene rings is 1. The lowest BCUT2D eigenvalue weighted by Gasteiger charge is -2.13. The van der Waals surface area contributed by atoms with Gasteiger partial charge in [-0.15, -0.1) is 0 Å². The average molecular weight is 276 g/mol. The van der Waals surface area contributed by atoms with Crippen LogP contribution in [-0.2, 0) is 0 Å². The number of halogens is 1. The third-order valence-electron chi connectivity index (χ3n) is 3.61. The first kappa shape index (κ1) is 11.1. The molecular weight excluding hydrogens is 262 g/mol. The summed E-state index contributed by atoms with van der Waals surface area (Å²) in [5.41, 5.74) is 4.23. The number of guanidine groups is 1. The van der Waals surface area contributed by atoms with Crippen LogP contribution in [0.1, 0.15) is 24.3 Å². The van der Waals surface area contributed by atoms with Crippen LogP contribution in [0.4, 0.5) is 5.69 Å². The summed E-state index contributed by atoms with van der Waals surface area (Å²) >= 11 is 6.30. The maximum atomic E-state index is 6.30. The Morgan fingerprint density at radius 1 is 1.37 bits per heavy atom. The number of imidazole rings is 1. The molecule has 5 nitrogen and oxygen atoms in total. The number of nitrogens with one attached hydrogen (secondary N) is 3. The number of hydrogen-bond acceptors (Lipinski definition) is 4. The van der Waals surface area contributed by atoms with Crippen LogP contribution in [0, 0.1) is 0 Å². The lowest BCUT2D eigenvalue weighted by Crippen LogP contribution is -2.26. The van der Waals surface area contributed by atoms with Crippen LogP contribution < -0.4 is 10.6 Å². The molecule has 1 saturated carbocycles. The first-order valence-corrected chi connectivity index (χ1v) is 6.91. The molecule has 1 aliphatic carbocycles. The highest BCUT2D eigenvalue weighted by Gasteiger charge is 2.30. The first-order valence-electron chi connectivity index (χ1n) is 6.54. The molecule has 1 fully saturated rings. The van der Waals surface area contributed by atoms with Crippen molar-refractivity contribution in [1.29, 1.82) is 0 Å². The van der Waals surface area contributed by atoms with E-state index in [9.17, 15) is 0 Å². The van der Waals surface area contributed by atoms with E-state index >= 15 is 0 Å². The Labute approximate surface area is 115 Å². The Morgan fingerprint density at radius 3 is 3.00 bits per heavy atom. The summed E-state index contributed by atoms with van der Waals surface area (Å²) in [6.45, 7) is 1.71. The Bertz CT molecular complexity index is 671. The maximum Gasteiger partial charge on any atom is 0.195 e. The molecule has 3 N–H and O–H groups in total. The fraction of sp³-hybridized carbons (Fsp3) is 0.385. The lowest BCUT2D eigenvalue weighted by molar-refractivity contribution is 0.959. The summed E-state index contributed by atoms with van der Waals surface area (Å²) in [7, 11) is 0. The number of aromatic amines is 1. The van der Waals surface area contributed by atoms with Crippen molar-refractivity contribution in [2.45, 2.75) is 18.8 Å². The van der Waals surface area contributed by atoms with Crippen molar-refractivity contribution in [1.82, 2.24) is 15.3 Å². The van der Waals surface area contributed by atoms with Gasteiger partial charge >= 0.3 is 0 Å². The third kappa shape index (κ3) is 1.85. The minimum atomic E-state index is 0.602. The molecule has 1 aromatic carbocycles. The molecule has 98 valence electrons. The quantitative estimate of drug-likeness (QED) is 0.789. The van der Waals surface area contributed by atoms with Crippen molar-refractivity contribution in [3.63, 3.8) is 0 Å². The number of H-pyrrole nitrogens is 1. The summed E-state index contributed by atoms with van der Waals surface area (Å²) in [5.74, 6) is 1.43. The van der Waals surface area contributed by atoms with Crippen LogP contribution in [-0.4, -0.2) is 29.0 Å². The molecule has 2 aliphatic rings. The molecule has 6 heteroatoms. The van der Waals surface area contributed by atoms with E-state index in [1.165, 1.54) is 18.4 Å². The lowest BCUT2D eigenvalue weighted by atomic mass is 10.1. The van der Waals surface area contributed by atoms with Crippen molar-refractivity contribution < 1.29 is 0 Å².